The molecule has 0 aromatic heterocycles. The maximum Gasteiger partial charge on any atom is 0.408 e. The number of nitrogens with zero attached hydrogens (tertiary/aromatic N) is 1. The van der Waals surface area contributed by atoms with E-state index in [1.165, 1.54) is 0 Å². The fourth-order valence-corrected chi connectivity index (χ4v) is 0.881. The van der Waals surface area contributed by atoms with E-state index in [0.717, 1.165) is 4.90 Å². The van der Waals surface area contributed by atoms with E-state index in [4.69, 9.17) is 10.2 Å². The van der Waals surface area contributed by atoms with Gasteiger partial charge in [-0.2, -0.15) is 0 Å². The third-order valence-corrected chi connectivity index (χ3v) is 1.50. The third kappa shape index (κ3) is 1.58. The average Bonchev–Trinajstić information content (AvgIpc) is 2.33. The second kappa shape index (κ2) is 2.75. The fraction of sp³-hybridized carbons (Fsp3) is 0.600. The van der Waals surface area contributed by atoms with Crippen LogP contribution in [0.3, 0.4) is 0 Å². The second-order valence-electron chi connectivity index (χ2n) is 2.26. The van der Waals surface area contributed by atoms with Crippen molar-refractivity contribution in [2.45, 2.75) is 6.04 Å². The van der Waals surface area contributed by atoms with Crippen molar-refractivity contribution in [2.24, 2.45) is 0 Å². The summed E-state index contributed by atoms with van der Waals surface area (Å²) in [7, 11) is 0. The van der Waals surface area contributed by atoms with Gasteiger partial charge in [-0.25, -0.2) is 4.79 Å². The van der Waals surface area contributed by atoms with Crippen molar-refractivity contribution in [2.75, 3.05) is 13.2 Å². The quantitative estimate of drug-likeness (QED) is 0.456. The molecule has 1 saturated heterocycles. The van der Waals surface area contributed by atoms with Gasteiger partial charge in [0.05, 0.1) is 13.2 Å². The fourth-order valence-electron chi connectivity index (χ4n) is 0.881. The SMILES string of the molecule is O=C(O)C1CN(C(=O)O)CN1. The molecule has 3 N–H and O–H groups in total. The summed E-state index contributed by atoms with van der Waals surface area (Å²) in [6.07, 6.45) is -1.10. The molecule has 0 saturated carbocycles. The Morgan fingerprint density at radius 1 is 1.45 bits per heavy atom. The number of carboxylic acid groups (broad SMARTS) is 2. The van der Waals surface area contributed by atoms with Crippen LogP contribution >= 0.6 is 0 Å². The molecule has 1 atom stereocenters. The lowest BCUT2D eigenvalue weighted by molar-refractivity contribution is -0.138. The summed E-state index contributed by atoms with van der Waals surface area (Å²) in [5.74, 6) is -1.02. The number of hydrogen-bond acceptors (Lipinski definition) is 3. The zero-order valence-electron chi connectivity index (χ0n) is 5.65. The Morgan fingerprint density at radius 2 is 2.09 bits per heavy atom. The molecule has 11 heavy (non-hydrogen) atoms. The van der Waals surface area contributed by atoms with E-state index in [2.05, 4.69) is 5.32 Å². The highest BCUT2D eigenvalue weighted by atomic mass is 16.4. The van der Waals surface area contributed by atoms with Gasteiger partial charge in [0.25, 0.3) is 0 Å². The predicted molar refractivity (Wildman–Crippen MR) is 34.2 cm³/mol. The normalized spacial score (nSPS) is 23.6. The van der Waals surface area contributed by atoms with Crippen LogP contribution in [0.15, 0.2) is 0 Å². The largest absolute Gasteiger partial charge is 0.480 e. The van der Waals surface area contributed by atoms with Crippen molar-refractivity contribution >= 4 is 12.1 Å². The van der Waals surface area contributed by atoms with Crippen LogP contribution in [0.5, 0.6) is 0 Å². The number of carboxylic acids is 1. The highest BCUT2D eigenvalue weighted by molar-refractivity contribution is 5.76. The second-order valence-corrected chi connectivity index (χ2v) is 2.26. The van der Waals surface area contributed by atoms with E-state index in [0.29, 0.717) is 0 Å². The summed E-state index contributed by atoms with van der Waals surface area (Å²) in [4.78, 5) is 21.6. The van der Waals surface area contributed by atoms with Crippen molar-refractivity contribution in [1.29, 1.82) is 0 Å². The molecular formula is C5H8N2O4. The van der Waals surface area contributed by atoms with Crippen LogP contribution in [0.2, 0.25) is 0 Å². The molecule has 1 rings (SSSR count). The number of rotatable bonds is 1. The number of nitrogens with one attached hydrogen (secondary N) is 1. The summed E-state index contributed by atoms with van der Waals surface area (Å²) in [5.41, 5.74) is 0. The number of hydrogen-bond donors (Lipinski definition) is 3. The van der Waals surface area contributed by atoms with E-state index in [1.54, 1.807) is 0 Å². The van der Waals surface area contributed by atoms with Gasteiger partial charge in [-0.1, -0.05) is 0 Å². The summed E-state index contributed by atoms with van der Waals surface area (Å²) < 4.78 is 0. The molecule has 0 bridgehead atoms. The minimum Gasteiger partial charge on any atom is -0.480 e. The molecule has 6 nitrogen and oxygen atoms in total. The first-order chi connectivity index (χ1) is 5.11. The lowest BCUT2D eigenvalue weighted by Crippen LogP contribution is -2.33. The van der Waals surface area contributed by atoms with Crippen LogP contribution < -0.4 is 5.32 Å². The van der Waals surface area contributed by atoms with Crippen molar-refractivity contribution in [3.63, 3.8) is 0 Å². The smallest absolute Gasteiger partial charge is 0.408 e. The van der Waals surface area contributed by atoms with E-state index in [1.807, 2.05) is 0 Å². The molecule has 6 heteroatoms. The zero-order chi connectivity index (χ0) is 8.43. The minimum atomic E-state index is -1.10. The average molecular weight is 160 g/mol. The molecule has 0 aromatic carbocycles. The third-order valence-electron chi connectivity index (χ3n) is 1.50. The van der Waals surface area contributed by atoms with E-state index in [-0.39, 0.29) is 13.2 Å². The molecule has 1 aliphatic rings. The molecule has 0 aliphatic carbocycles. The van der Waals surface area contributed by atoms with Crippen LogP contribution in [0.1, 0.15) is 0 Å². The van der Waals surface area contributed by atoms with Crippen LogP contribution in [0.4, 0.5) is 4.79 Å². The van der Waals surface area contributed by atoms with Crippen LogP contribution in [-0.2, 0) is 4.79 Å². The van der Waals surface area contributed by atoms with Gasteiger partial charge < -0.3 is 10.2 Å². The molecule has 1 fully saturated rings. The standard InChI is InChI=1S/C5H8N2O4/c8-4(9)3-1-7(2-6-3)5(10)11/h3,6H,1-2H2,(H,8,9)(H,10,11). The maximum atomic E-state index is 10.3. The maximum absolute atomic E-state index is 10.3. The van der Waals surface area contributed by atoms with Gasteiger partial charge in [-0.05, 0) is 0 Å². The molecule has 1 amide bonds. The summed E-state index contributed by atoms with van der Waals surface area (Å²) in [5, 5.41) is 19.4. The zero-order valence-corrected chi connectivity index (χ0v) is 5.65. The van der Waals surface area contributed by atoms with Gasteiger partial charge in [0, 0.05) is 0 Å². The van der Waals surface area contributed by atoms with Gasteiger partial charge in [0.1, 0.15) is 6.04 Å². The number of carbonyl (C=O) groups is 2. The minimum absolute atomic E-state index is 0.0185. The first-order valence-electron chi connectivity index (χ1n) is 3.05. The molecule has 1 unspecified atom stereocenters. The topological polar surface area (TPSA) is 89.9 Å². The Kier molecular flexibility index (Phi) is 1.95. The first-order valence-corrected chi connectivity index (χ1v) is 3.05. The molecule has 0 spiro atoms. The van der Waals surface area contributed by atoms with Crippen LogP contribution in [0, 0.1) is 0 Å². The Labute approximate surface area is 62.4 Å². The Morgan fingerprint density at radius 3 is 2.36 bits per heavy atom. The summed E-state index contributed by atoms with van der Waals surface area (Å²) >= 11 is 0. The van der Waals surface area contributed by atoms with Crippen molar-refractivity contribution in [1.82, 2.24) is 10.2 Å². The molecule has 0 aromatic rings. The van der Waals surface area contributed by atoms with E-state index in [9.17, 15) is 9.59 Å². The summed E-state index contributed by atoms with van der Waals surface area (Å²) in [6.45, 7) is 0.108. The van der Waals surface area contributed by atoms with Gasteiger partial charge in [-0.15, -0.1) is 0 Å². The highest BCUT2D eigenvalue weighted by Gasteiger charge is 2.29. The first kappa shape index (κ1) is 7.80. The van der Waals surface area contributed by atoms with Crippen LogP contribution in [0.25, 0.3) is 0 Å². The van der Waals surface area contributed by atoms with Gasteiger partial charge in [0.2, 0.25) is 0 Å². The molecular weight excluding hydrogens is 152 g/mol. The molecule has 0 radical (unpaired) electrons. The predicted octanol–water partition coefficient (Wildman–Crippen LogP) is -1.02. The van der Waals surface area contributed by atoms with Crippen molar-refractivity contribution in [3.8, 4) is 0 Å². The Bertz CT molecular complexity index is 173. The van der Waals surface area contributed by atoms with Crippen molar-refractivity contribution < 1.29 is 19.8 Å². The van der Waals surface area contributed by atoms with Gasteiger partial charge in [-0.3, -0.25) is 15.0 Å². The number of aliphatic carboxylic acids is 1. The van der Waals surface area contributed by atoms with E-state index >= 15 is 0 Å². The van der Waals surface area contributed by atoms with Gasteiger partial charge >= 0.3 is 12.1 Å². The molecule has 1 aliphatic heterocycles. The molecule has 62 valence electrons. The van der Waals surface area contributed by atoms with Gasteiger partial charge in [0.15, 0.2) is 0 Å². The lowest BCUT2D eigenvalue weighted by atomic mass is 10.3. The van der Waals surface area contributed by atoms with E-state index < -0.39 is 18.1 Å². The van der Waals surface area contributed by atoms with Crippen LogP contribution in [-0.4, -0.2) is 46.4 Å². The lowest BCUT2D eigenvalue weighted by Gasteiger charge is -2.07. The molecule has 1 heterocycles. The Balaban J connectivity index is 2.47. The number of amides is 1. The summed E-state index contributed by atoms with van der Waals surface area (Å²) in [6, 6.07) is -0.758. The monoisotopic (exact) mass is 160 g/mol. The highest BCUT2D eigenvalue weighted by Crippen LogP contribution is 2.00. The van der Waals surface area contributed by atoms with Crippen molar-refractivity contribution in [3.05, 3.63) is 0 Å². The Hall–Kier alpha value is -1.30.